The summed E-state index contributed by atoms with van der Waals surface area (Å²) in [6.45, 7) is 0.634. The Balaban J connectivity index is 2.30. The minimum Gasteiger partial charge on any atom is -0.352 e. The van der Waals surface area contributed by atoms with Gasteiger partial charge in [-0.2, -0.15) is 0 Å². The molecular formula is C11H15ClN2O2. The largest absolute Gasteiger partial charge is 0.352 e. The fourth-order valence-electron chi connectivity index (χ4n) is 1.25. The molecule has 4 nitrogen and oxygen atoms in total. The Morgan fingerprint density at radius 3 is 2.75 bits per heavy atom. The Morgan fingerprint density at radius 1 is 1.31 bits per heavy atom. The normalized spacial score (nSPS) is 10.1. The zero-order chi connectivity index (χ0) is 11.8. The van der Waals surface area contributed by atoms with E-state index in [-0.39, 0.29) is 11.5 Å². The molecule has 0 fully saturated rings. The van der Waals surface area contributed by atoms with Gasteiger partial charge < -0.3 is 10.3 Å². The molecule has 0 saturated heterocycles. The van der Waals surface area contributed by atoms with Crippen LogP contribution in [0.1, 0.15) is 29.6 Å². The van der Waals surface area contributed by atoms with E-state index in [1.807, 2.05) is 0 Å². The summed E-state index contributed by atoms with van der Waals surface area (Å²) in [5, 5.41) is 2.77. The summed E-state index contributed by atoms with van der Waals surface area (Å²) < 4.78 is 0. The highest BCUT2D eigenvalue weighted by Gasteiger charge is 2.03. The number of amides is 1. The summed E-state index contributed by atoms with van der Waals surface area (Å²) in [5.74, 6) is 0.496. The average molecular weight is 243 g/mol. The van der Waals surface area contributed by atoms with Gasteiger partial charge in [0.1, 0.15) is 0 Å². The molecule has 1 rings (SSSR count). The van der Waals surface area contributed by atoms with Crippen LogP contribution >= 0.6 is 11.6 Å². The van der Waals surface area contributed by atoms with Crippen molar-refractivity contribution in [2.45, 2.75) is 19.3 Å². The Morgan fingerprint density at radius 2 is 2.12 bits per heavy atom. The number of carbonyl (C=O) groups excluding carboxylic acids is 1. The molecule has 5 heteroatoms. The van der Waals surface area contributed by atoms with E-state index in [1.54, 1.807) is 0 Å². The van der Waals surface area contributed by atoms with E-state index < -0.39 is 0 Å². The van der Waals surface area contributed by atoms with E-state index in [9.17, 15) is 9.59 Å². The molecule has 88 valence electrons. The van der Waals surface area contributed by atoms with Gasteiger partial charge in [-0.25, -0.2) is 0 Å². The van der Waals surface area contributed by atoms with Crippen LogP contribution in [0, 0.1) is 0 Å². The molecule has 0 radical (unpaired) electrons. The molecule has 16 heavy (non-hydrogen) atoms. The van der Waals surface area contributed by atoms with Gasteiger partial charge in [-0.1, -0.05) is 6.42 Å². The number of nitrogens with one attached hydrogen (secondary N) is 2. The van der Waals surface area contributed by atoms with Crippen LogP contribution in [-0.2, 0) is 0 Å². The molecule has 0 atom stereocenters. The highest BCUT2D eigenvalue weighted by atomic mass is 35.5. The molecule has 0 bridgehead atoms. The van der Waals surface area contributed by atoms with Crippen LogP contribution in [0.3, 0.4) is 0 Å². The van der Waals surface area contributed by atoms with Crippen molar-refractivity contribution < 1.29 is 4.79 Å². The number of H-pyrrole nitrogens is 1. The molecule has 0 saturated carbocycles. The van der Waals surface area contributed by atoms with Crippen molar-refractivity contribution in [3.8, 4) is 0 Å². The van der Waals surface area contributed by atoms with Crippen molar-refractivity contribution in [3.05, 3.63) is 34.2 Å². The maximum absolute atomic E-state index is 11.5. The first-order valence-corrected chi connectivity index (χ1v) is 5.80. The van der Waals surface area contributed by atoms with Crippen LogP contribution in [0.4, 0.5) is 0 Å². The molecule has 1 aromatic heterocycles. The van der Waals surface area contributed by atoms with Crippen molar-refractivity contribution in [1.82, 2.24) is 10.3 Å². The standard InChI is InChI=1S/C11H15ClN2O2/c12-6-2-1-3-7-13-11(16)9-4-5-10(15)14-8-9/h4-5,8H,1-3,6-7H2,(H,13,16)(H,14,15). The summed E-state index contributed by atoms with van der Waals surface area (Å²) >= 11 is 5.53. The Kier molecular flexibility index (Phi) is 5.64. The molecule has 2 N–H and O–H groups in total. The third-order valence-corrected chi connectivity index (χ3v) is 2.41. The zero-order valence-corrected chi connectivity index (χ0v) is 9.72. The quantitative estimate of drug-likeness (QED) is 0.587. The molecular weight excluding hydrogens is 228 g/mol. The van der Waals surface area contributed by atoms with Crippen molar-refractivity contribution in [1.29, 1.82) is 0 Å². The first kappa shape index (κ1) is 12.8. The number of pyridine rings is 1. The number of halogens is 1. The highest BCUT2D eigenvalue weighted by molar-refractivity contribution is 6.17. The molecule has 0 aliphatic rings. The van der Waals surface area contributed by atoms with Gasteiger partial charge in [0.05, 0.1) is 5.56 Å². The van der Waals surface area contributed by atoms with E-state index in [4.69, 9.17) is 11.6 Å². The smallest absolute Gasteiger partial charge is 0.252 e. The Labute approximate surface area is 99.0 Å². The number of carbonyl (C=O) groups is 1. The number of alkyl halides is 1. The second-order valence-corrected chi connectivity index (χ2v) is 3.83. The number of rotatable bonds is 6. The molecule has 0 unspecified atom stereocenters. The molecule has 0 aliphatic heterocycles. The van der Waals surface area contributed by atoms with Gasteiger partial charge in [0.25, 0.3) is 5.91 Å². The SMILES string of the molecule is O=C(NCCCCCCl)c1ccc(=O)[nH]c1. The molecule has 0 aromatic carbocycles. The highest BCUT2D eigenvalue weighted by Crippen LogP contribution is 1.97. The summed E-state index contributed by atoms with van der Waals surface area (Å²) in [6.07, 6.45) is 4.31. The van der Waals surface area contributed by atoms with Gasteiger partial charge in [0, 0.05) is 24.7 Å². The average Bonchev–Trinajstić information content (AvgIpc) is 2.29. The van der Waals surface area contributed by atoms with Gasteiger partial charge in [-0.05, 0) is 18.9 Å². The lowest BCUT2D eigenvalue weighted by atomic mass is 10.2. The van der Waals surface area contributed by atoms with Crippen LogP contribution < -0.4 is 10.9 Å². The first-order valence-electron chi connectivity index (χ1n) is 5.27. The Hall–Kier alpha value is -1.29. The van der Waals surface area contributed by atoms with Gasteiger partial charge >= 0.3 is 0 Å². The number of aromatic nitrogens is 1. The summed E-state index contributed by atoms with van der Waals surface area (Å²) in [4.78, 5) is 24.8. The maximum Gasteiger partial charge on any atom is 0.252 e. The lowest BCUT2D eigenvalue weighted by Crippen LogP contribution is -2.25. The summed E-state index contributed by atoms with van der Waals surface area (Å²) in [5.41, 5.74) is 0.260. The van der Waals surface area contributed by atoms with Crippen LogP contribution in [0.5, 0.6) is 0 Å². The van der Waals surface area contributed by atoms with Crippen LogP contribution in [0.15, 0.2) is 23.1 Å². The molecule has 1 aromatic rings. The van der Waals surface area contributed by atoms with Crippen LogP contribution in [0.25, 0.3) is 0 Å². The van der Waals surface area contributed by atoms with Crippen molar-refractivity contribution in [2.24, 2.45) is 0 Å². The number of aromatic amines is 1. The minimum absolute atomic E-state index is 0.165. The molecule has 0 spiro atoms. The first-order chi connectivity index (χ1) is 7.74. The van der Waals surface area contributed by atoms with Crippen molar-refractivity contribution in [2.75, 3.05) is 12.4 Å². The predicted octanol–water partition coefficient (Wildman–Crippen LogP) is 1.51. The second-order valence-electron chi connectivity index (χ2n) is 3.45. The lowest BCUT2D eigenvalue weighted by molar-refractivity contribution is 0.0952. The summed E-state index contributed by atoms with van der Waals surface area (Å²) in [7, 11) is 0. The fourth-order valence-corrected chi connectivity index (χ4v) is 1.44. The fraction of sp³-hybridized carbons (Fsp3) is 0.455. The number of hydrogen-bond acceptors (Lipinski definition) is 2. The van der Waals surface area contributed by atoms with E-state index >= 15 is 0 Å². The monoisotopic (exact) mass is 242 g/mol. The van der Waals surface area contributed by atoms with E-state index in [0.29, 0.717) is 18.0 Å². The maximum atomic E-state index is 11.5. The minimum atomic E-state index is -0.210. The van der Waals surface area contributed by atoms with Crippen molar-refractivity contribution in [3.63, 3.8) is 0 Å². The van der Waals surface area contributed by atoms with E-state index in [1.165, 1.54) is 18.3 Å². The van der Waals surface area contributed by atoms with Gasteiger partial charge in [0.2, 0.25) is 5.56 Å². The predicted molar refractivity (Wildman–Crippen MR) is 64.0 cm³/mol. The van der Waals surface area contributed by atoms with E-state index in [2.05, 4.69) is 10.3 Å². The molecule has 0 aliphatic carbocycles. The van der Waals surface area contributed by atoms with Gasteiger partial charge in [-0.15, -0.1) is 11.6 Å². The second kappa shape index (κ2) is 7.06. The van der Waals surface area contributed by atoms with Crippen LogP contribution in [0.2, 0.25) is 0 Å². The van der Waals surface area contributed by atoms with Gasteiger partial charge in [0.15, 0.2) is 0 Å². The van der Waals surface area contributed by atoms with Crippen LogP contribution in [-0.4, -0.2) is 23.3 Å². The zero-order valence-electron chi connectivity index (χ0n) is 8.96. The van der Waals surface area contributed by atoms with E-state index in [0.717, 1.165) is 19.3 Å². The number of unbranched alkanes of at least 4 members (excludes halogenated alkanes) is 2. The third-order valence-electron chi connectivity index (χ3n) is 2.14. The summed E-state index contributed by atoms with van der Waals surface area (Å²) in [6, 6.07) is 2.84. The molecule has 1 heterocycles. The lowest BCUT2D eigenvalue weighted by Gasteiger charge is -2.04. The number of hydrogen-bond donors (Lipinski definition) is 2. The van der Waals surface area contributed by atoms with Gasteiger partial charge in [-0.3, -0.25) is 9.59 Å². The Bertz CT molecular complexity index is 369. The topological polar surface area (TPSA) is 62.0 Å². The molecule has 1 amide bonds. The van der Waals surface area contributed by atoms with Crippen molar-refractivity contribution >= 4 is 17.5 Å². The third kappa shape index (κ3) is 4.49.